The molecule has 2 heterocycles. The number of hydrogen-bond acceptors (Lipinski definition) is 4. The van der Waals surface area contributed by atoms with Crippen LogP contribution in [0.2, 0.25) is 0 Å². The molecule has 0 saturated heterocycles. The highest BCUT2D eigenvalue weighted by atomic mass is 32.2. The lowest BCUT2D eigenvalue weighted by Crippen LogP contribution is -2.35. The molecule has 3 aromatic rings. The molecule has 0 N–H and O–H groups in total. The third kappa shape index (κ3) is 4.56. The fraction of sp³-hybridized carbons (Fsp3) is 0.250. The van der Waals surface area contributed by atoms with Gasteiger partial charge in [-0.25, -0.2) is 8.42 Å². The molecule has 5 nitrogen and oxygen atoms in total. The predicted octanol–water partition coefficient (Wildman–Crippen LogP) is 4.26. The molecule has 1 aliphatic heterocycles. The summed E-state index contributed by atoms with van der Waals surface area (Å²) in [5, 5.41) is 0. The molecule has 6 heteroatoms. The molecule has 0 bridgehead atoms. The average Bonchev–Trinajstić information content (AvgIpc) is 3.14. The maximum Gasteiger partial charge on any atom is 0.243 e. The summed E-state index contributed by atoms with van der Waals surface area (Å²) in [6.45, 7) is 1.49. The first-order valence-corrected chi connectivity index (χ1v) is 11.4. The first kappa shape index (κ1) is 20.6. The van der Waals surface area contributed by atoms with Crippen LogP contribution in [0, 0.1) is 0 Å². The van der Waals surface area contributed by atoms with Crippen LogP contribution in [0.4, 0.5) is 0 Å². The van der Waals surface area contributed by atoms with Gasteiger partial charge in [0.2, 0.25) is 10.0 Å². The van der Waals surface area contributed by atoms with Crippen molar-refractivity contribution in [3.8, 4) is 0 Å². The van der Waals surface area contributed by atoms with E-state index in [1.54, 1.807) is 16.4 Å². The van der Waals surface area contributed by atoms with Crippen molar-refractivity contribution in [2.75, 3.05) is 20.6 Å². The van der Waals surface area contributed by atoms with E-state index in [9.17, 15) is 8.42 Å². The maximum atomic E-state index is 13.1. The van der Waals surface area contributed by atoms with Crippen LogP contribution >= 0.6 is 0 Å². The molecule has 0 atom stereocenters. The van der Waals surface area contributed by atoms with Crippen molar-refractivity contribution >= 4 is 22.2 Å². The first-order valence-electron chi connectivity index (χ1n) is 10.0. The van der Waals surface area contributed by atoms with E-state index in [1.165, 1.54) is 0 Å². The number of benzene rings is 2. The topological polar surface area (TPSA) is 53.8 Å². The molecule has 0 unspecified atom stereocenters. The van der Waals surface area contributed by atoms with Crippen molar-refractivity contribution in [2.45, 2.75) is 24.4 Å². The second-order valence-electron chi connectivity index (χ2n) is 7.80. The molecule has 1 aliphatic rings. The molecule has 0 saturated carbocycles. The SMILES string of the molecule is CN(C)Cc1cc2c(o1)CCN(S(=O)(=O)c1ccc(C=Cc3ccccc3)cc1)C2. The predicted molar refractivity (Wildman–Crippen MR) is 119 cm³/mol. The number of furan rings is 1. The van der Waals surface area contributed by atoms with Crippen LogP contribution in [0.3, 0.4) is 0 Å². The number of fused-ring (bicyclic) bond motifs is 1. The molecule has 0 amide bonds. The van der Waals surface area contributed by atoms with Gasteiger partial charge in [0.15, 0.2) is 0 Å². The zero-order valence-electron chi connectivity index (χ0n) is 17.3. The molecule has 156 valence electrons. The molecule has 30 heavy (non-hydrogen) atoms. The van der Waals surface area contributed by atoms with Crippen LogP contribution in [0.25, 0.3) is 12.2 Å². The minimum atomic E-state index is -3.55. The number of hydrogen-bond donors (Lipinski definition) is 0. The van der Waals surface area contributed by atoms with E-state index in [1.807, 2.05) is 79.7 Å². The average molecular weight is 423 g/mol. The zero-order chi connectivity index (χ0) is 21.1. The summed E-state index contributed by atoms with van der Waals surface area (Å²) in [6.07, 6.45) is 4.59. The minimum Gasteiger partial charge on any atom is -0.464 e. The smallest absolute Gasteiger partial charge is 0.243 e. The van der Waals surface area contributed by atoms with Crippen molar-refractivity contribution < 1.29 is 12.8 Å². The quantitative estimate of drug-likeness (QED) is 0.557. The molecule has 2 aromatic carbocycles. The Labute approximate surface area is 178 Å². The summed E-state index contributed by atoms with van der Waals surface area (Å²) in [5.41, 5.74) is 3.03. The highest BCUT2D eigenvalue weighted by Gasteiger charge is 2.30. The molecular formula is C24H26N2O3S. The fourth-order valence-electron chi connectivity index (χ4n) is 3.62. The van der Waals surface area contributed by atoms with E-state index < -0.39 is 10.0 Å². The van der Waals surface area contributed by atoms with Crippen LogP contribution in [-0.2, 0) is 29.5 Å². The summed E-state index contributed by atoms with van der Waals surface area (Å²) in [5.74, 6) is 1.78. The molecule has 0 fully saturated rings. The van der Waals surface area contributed by atoms with Gasteiger partial charge in [-0.1, -0.05) is 54.6 Å². The van der Waals surface area contributed by atoms with E-state index in [0.29, 0.717) is 31.0 Å². The van der Waals surface area contributed by atoms with Gasteiger partial charge in [0.05, 0.1) is 11.4 Å². The van der Waals surface area contributed by atoms with Crippen molar-refractivity contribution in [3.63, 3.8) is 0 Å². The van der Waals surface area contributed by atoms with Gasteiger partial charge in [0.25, 0.3) is 0 Å². The third-order valence-corrected chi connectivity index (χ3v) is 7.00. The van der Waals surface area contributed by atoms with Crippen molar-refractivity contribution in [3.05, 3.63) is 88.9 Å². The van der Waals surface area contributed by atoms with Gasteiger partial charge >= 0.3 is 0 Å². The van der Waals surface area contributed by atoms with Crippen molar-refractivity contribution in [1.29, 1.82) is 0 Å². The molecule has 1 aromatic heterocycles. The highest BCUT2D eigenvalue weighted by Crippen LogP contribution is 2.28. The summed E-state index contributed by atoms with van der Waals surface area (Å²) >= 11 is 0. The Balaban J connectivity index is 1.48. The van der Waals surface area contributed by atoms with Crippen LogP contribution in [0.5, 0.6) is 0 Å². The van der Waals surface area contributed by atoms with Crippen LogP contribution < -0.4 is 0 Å². The van der Waals surface area contributed by atoms with Crippen molar-refractivity contribution in [1.82, 2.24) is 9.21 Å². The highest BCUT2D eigenvalue weighted by molar-refractivity contribution is 7.89. The molecule has 0 aliphatic carbocycles. The second kappa shape index (κ2) is 8.60. The normalized spacial score (nSPS) is 15.0. The van der Waals surface area contributed by atoms with Crippen LogP contribution in [-0.4, -0.2) is 38.3 Å². The van der Waals surface area contributed by atoms with E-state index in [-0.39, 0.29) is 0 Å². The van der Waals surface area contributed by atoms with Crippen LogP contribution in [0.15, 0.2) is 70.0 Å². The first-order chi connectivity index (χ1) is 14.4. The minimum absolute atomic E-state index is 0.319. The summed E-state index contributed by atoms with van der Waals surface area (Å²) in [4.78, 5) is 2.35. The zero-order valence-corrected chi connectivity index (χ0v) is 18.1. The van der Waals surface area contributed by atoms with Gasteiger partial charge in [-0.15, -0.1) is 0 Å². The van der Waals surface area contributed by atoms with Gasteiger partial charge in [-0.2, -0.15) is 4.31 Å². The van der Waals surface area contributed by atoms with Gasteiger partial charge in [0.1, 0.15) is 11.5 Å². The van der Waals surface area contributed by atoms with Gasteiger partial charge in [-0.3, -0.25) is 0 Å². The Bertz CT molecular complexity index is 1130. The Morgan fingerprint density at radius 2 is 1.67 bits per heavy atom. The summed E-state index contributed by atoms with van der Waals surface area (Å²) in [6, 6.07) is 19.0. The summed E-state index contributed by atoms with van der Waals surface area (Å²) in [7, 11) is 0.421. The Morgan fingerprint density at radius 3 is 2.33 bits per heavy atom. The number of rotatable bonds is 6. The van der Waals surface area contributed by atoms with E-state index in [2.05, 4.69) is 0 Å². The van der Waals surface area contributed by atoms with Crippen LogP contribution in [0.1, 0.15) is 28.2 Å². The molecule has 4 rings (SSSR count). The largest absolute Gasteiger partial charge is 0.464 e. The number of nitrogens with zero attached hydrogens (tertiary/aromatic N) is 2. The maximum absolute atomic E-state index is 13.1. The monoisotopic (exact) mass is 422 g/mol. The van der Waals surface area contributed by atoms with Gasteiger partial charge < -0.3 is 9.32 Å². The molecule has 0 spiro atoms. The Hall–Kier alpha value is -2.67. The van der Waals surface area contributed by atoms with Gasteiger partial charge in [0, 0.05) is 25.1 Å². The van der Waals surface area contributed by atoms with E-state index in [0.717, 1.165) is 28.2 Å². The molecule has 0 radical (unpaired) electrons. The lowest BCUT2D eigenvalue weighted by atomic mass is 10.1. The van der Waals surface area contributed by atoms with E-state index >= 15 is 0 Å². The fourth-order valence-corrected chi connectivity index (χ4v) is 5.04. The Kier molecular flexibility index (Phi) is 5.90. The lowest BCUT2D eigenvalue weighted by Gasteiger charge is -2.25. The summed E-state index contributed by atoms with van der Waals surface area (Å²) < 4.78 is 33.7. The van der Waals surface area contributed by atoms with Crippen molar-refractivity contribution in [2.24, 2.45) is 0 Å². The molecular weight excluding hydrogens is 396 g/mol. The lowest BCUT2D eigenvalue weighted by molar-refractivity contribution is 0.325. The second-order valence-corrected chi connectivity index (χ2v) is 9.74. The number of sulfonamides is 1. The standard InChI is InChI=1S/C24H26N2O3S/c1-25(2)18-22-16-21-17-26(15-14-24(21)29-22)30(27,28)23-12-10-20(11-13-23)9-8-19-6-4-3-5-7-19/h3-13,16H,14-15,17-18H2,1-2H3. The van der Waals surface area contributed by atoms with E-state index in [4.69, 9.17) is 4.42 Å². The Morgan fingerprint density at radius 1 is 1.00 bits per heavy atom. The third-order valence-electron chi connectivity index (χ3n) is 5.14. The van der Waals surface area contributed by atoms with Gasteiger partial charge in [-0.05, 0) is 43.4 Å².